The minimum absolute atomic E-state index is 0.0103. The number of halogens is 2. The van der Waals surface area contributed by atoms with Crippen molar-refractivity contribution >= 4 is 58.4 Å². The van der Waals surface area contributed by atoms with Crippen LogP contribution >= 0.6 is 35.0 Å². The third-order valence-corrected chi connectivity index (χ3v) is 7.79. The molecule has 41 heavy (non-hydrogen) atoms. The lowest BCUT2D eigenvalue weighted by molar-refractivity contribution is -0.141. The summed E-state index contributed by atoms with van der Waals surface area (Å²) in [5.74, 6) is -2.69. The van der Waals surface area contributed by atoms with Crippen molar-refractivity contribution in [3.05, 3.63) is 106 Å². The van der Waals surface area contributed by atoms with Crippen molar-refractivity contribution in [3.8, 4) is 16.9 Å². The van der Waals surface area contributed by atoms with Crippen LogP contribution in [0.5, 0.6) is 5.75 Å². The minimum Gasteiger partial charge on any atom is -0.497 e. The number of carbonyl (C=O) groups excluding carboxylic acids is 2. The monoisotopic (exact) mass is 609 g/mol. The Hall–Kier alpha value is -4.05. The fourth-order valence-corrected chi connectivity index (χ4v) is 5.47. The summed E-state index contributed by atoms with van der Waals surface area (Å²) in [4.78, 5) is 46.8. The van der Waals surface area contributed by atoms with Gasteiger partial charge >= 0.3 is 5.97 Å². The van der Waals surface area contributed by atoms with Gasteiger partial charge in [0.15, 0.2) is 0 Å². The summed E-state index contributed by atoms with van der Waals surface area (Å²) in [5.41, 5.74) is 7.73. The second-order valence-corrected chi connectivity index (χ2v) is 10.5. The molecule has 0 bridgehead atoms. The number of rotatable bonds is 9. The molecule has 1 aromatic heterocycles. The minimum atomic E-state index is -1.62. The van der Waals surface area contributed by atoms with Crippen LogP contribution in [0.15, 0.2) is 84.0 Å². The van der Waals surface area contributed by atoms with Crippen molar-refractivity contribution in [2.24, 2.45) is 0 Å². The van der Waals surface area contributed by atoms with Gasteiger partial charge in [-0.05, 0) is 71.5 Å². The lowest BCUT2D eigenvalue weighted by Gasteiger charge is -2.29. The molecule has 0 aliphatic carbocycles. The number of amides is 2. The van der Waals surface area contributed by atoms with Gasteiger partial charge in [0, 0.05) is 29.4 Å². The van der Waals surface area contributed by atoms with E-state index in [2.05, 4.69) is 4.98 Å². The predicted molar refractivity (Wildman–Crippen MR) is 161 cm³/mol. The number of nitrogen functional groups attached to an aromatic ring is 1. The first kappa shape index (κ1) is 29.9. The number of hydrogen-bond donors (Lipinski definition) is 2. The highest BCUT2D eigenvalue weighted by Crippen LogP contribution is 2.36. The number of imide groups is 1. The largest absolute Gasteiger partial charge is 0.497 e. The van der Waals surface area contributed by atoms with Gasteiger partial charge < -0.3 is 15.6 Å². The van der Waals surface area contributed by atoms with Crippen LogP contribution in [-0.2, 0) is 11.2 Å². The zero-order chi connectivity index (χ0) is 29.7. The predicted octanol–water partition coefficient (Wildman–Crippen LogP) is 6.35. The van der Waals surface area contributed by atoms with Gasteiger partial charge in [0.2, 0.25) is 0 Å². The highest BCUT2D eigenvalue weighted by Gasteiger charge is 2.38. The number of nitrogens with two attached hydrogens (primary N) is 1. The van der Waals surface area contributed by atoms with Crippen molar-refractivity contribution < 1.29 is 24.2 Å². The average Bonchev–Trinajstić information content (AvgIpc) is 2.97. The molecule has 0 radical (unpaired) electrons. The molecule has 0 saturated heterocycles. The number of carbonyl (C=O) groups is 3. The first-order valence-electron chi connectivity index (χ1n) is 12.2. The van der Waals surface area contributed by atoms with E-state index in [0.29, 0.717) is 33.0 Å². The molecule has 0 fully saturated rings. The molecule has 3 aromatic carbocycles. The Balaban J connectivity index is 1.92. The van der Waals surface area contributed by atoms with E-state index in [0.717, 1.165) is 4.90 Å². The number of anilines is 1. The number of benzene rings is 3. The Kier molecular flexibility index (Phi) is 9.54. The number of thioether (sulfide) groups is 1. The number of carboxylic acid groups (broad SMARTS) is 1. The lowest BCUT2D eigenvalue weighted by atomic mass is 9.98. The lowest BCUT2D eigenvalue weighted by Crippen LogP contribution is -2.50. The summed E-state index contributed by atoms with van der Waals surface area (Å²) in [6.45, 7) is 0. The van der Waals surface area contributed by atoms with Gasteiger partial charge in [-0.15, -0.1) is 11.8 Å². The highest BCUT2D eigenvalue weighted by molar-refractivity contribution is 7.98. The summed E-state index contributed by atoms with van der Waals surface area (Å²) in [5, 5.41) is 10.3. The first-order chi connectivity index (χ1) is 19.7. The molecule has 210 valence electrons. The Labute approximate surface area is 251 Å². The summed E-state index contributed by atoms with van der Waals surface area (Å²) in [6.07, 6.45) is 4.50. The number of carboxylic acids is 1. The molecule has 4 rings (SSSR count). The number of methoxy groups -OCH3 is 1. The molecular weight excluding hydrogens is 585 g/mol. The first-order valence-corrected chi connectivity index (χ1v) is 14.2. The smallest absolute Gasteiger partial charge is 0.327 e. The normalized spacial score (nSPS) is 11.5. The molecule has 4 aromatic rings. The van der Waals surface area contributed by atoms with Gasteiger partial charge in [0.05, 0.1) is 28.3 Å². The molecule has 8 nitrogen and oxygen atoms in total. The van der Waals surface area contributed by atoms with E-state index in [1.165, 1.54) is 43.4 Å². The third-order valence-electron chi connectivity index (χ3n) is 6.37. The number of pyridine rings is 1. The quantitative estimate of drug-likeness (QED) is 0.128. The Bertz CT molecular complexity index is 1590. The number of aromatic nitrogens is 1. The molecule has 11 heteroatoms. The van der Waals surface area contributed by atoms with Gasteiger partial charge in [-0.3, -0.25) is 19.5 Å². The van der Waals surface area contributed by atoms with Crippen molar-refractivity contribution in [2.45, 2.75) is 17.4 Å². The van der Waals surface area contributed by atoms with Crippen LogP contribution in [0.4, 0.5) is 5.69 Å². The molecular formula is C30H25Cl2N3O5S. The van der Waals surface area contributed by atoms with Crippen molar-refractivity contribution in [2.75, 3.05) is 19.1 Å². The fraction of sp³-hybridized carbons (Fsp3) is 0.133. The Morgan fingerprint density at radius 1 is 1.00 bits per heavy atom. The van der Waals surface area contributed by atoms with E-state index in [1.54, 1.807) is 48.5 Å². The molecule has 0 saturated carbocycles. The van der Waals surface area contributed by atoms with Crippen LogP contribution in [0.1, 0.15) is 26.3 Å². The van der Waals surface area contributed by atoms with E-state index >= 15 is 0 Å². The van der Waals surface area contributed by atoms with Gasteiger partial charge in [-0.25, -0.2) is 4.79 Å². The van der Waals surface area contributed by atoms with Crippen molar-refractivity contribution in [3.63, 3.8) is 0 Å². The molecule has 0 spiro atoms. The molecule has 0 unspecified atom stereocenters. The Morgan fingerprint density at radius 2 is 1.68 bits per heavy atom. The molecule has 1 atom stereocenters. The fourth-order valence-electron chi connectivity index (χ4n) is 4.32. The molecule has 3 N–H and O–H groups in total. The molecule has 0 aliphatic heterocycles. The van der Waals surface area contributed by atoms with Crippen LogP contribution < -0.4 is 10.5 Å². The number of ether oxygens (including phenoxy) is 1. The van der Waals surface area contributed by atoms with Gasteiger partial charge in [0.1, 0.15) is 11.8 Å². The van der Waals surface area contributed by atoms with Crippen LogP contribution in [0.25, 0.3) is 11.1 Å². The topological polar surface area (TPSA) is 123 Å². The Morgan fingerprint density at radius 3 is 2.29 bits per heavy atom. The zero-order valence-electron chi connectivity index (χ0n) is 22.0. The maximum absolute atomic E-state index is 14.4. The van der Waals surface area contributed by atoms with E-state index in [9.17, 15) is 19.5 Å². The maximum Gasteiger partial charge on any atom is 0.327 e. The zero-order valence-corrected chi connectivity index (χ0v) is 24.3. The molecule has 0 aliphatic rings. The van der Waals surface area contributed by atoms with Crippen LogP contribution in [0, 0.1) is 0 Å². The van der Waals surface area contributed by atoms with E-state index < -0.39 is 23.8 Å². The van der Waals surface area contributed by atoms with E-state index in [4.69, 9.17) is 33.7 Å². The molecule has 1 heterocycles. The average molecular weight is 611 g/mol. The number of hydrogen-bond acceptors (Lipinski definition) is 7. The molecule has 2 amide bonds. The summed E-state index contributed by atoms with van der Waals surface area (Å²) in [7, 11) is 1.53. The van der Waals surface area contributed by atoms with Crippen LogP contribution in [-0.4, -0.2) is 52.2 Å². The summed E-state index contributed by atoms with van der Waals surface area (Å²) in [6, 6.07) is 16.3. The second-order valence-electron chi connectivity index (χ2n) is 8.86. The maximum atomic E-state index is 14.4. The van der Waals surface area contributed by atoms with Crippen LogP contribution in [0.2, 0.25) is 10.0 Å². The number of nitrogens with zero attached hydrogens (tertiary/aromatic N) is 2. The van der Waals surface area contributed by atoms with E-state index in [-0.39, 0.29) is 27.6 Å². The SMILES string of the molecule is COc1ccc(SC)c(-c2ccncc2C(=O)N(C(=O)c2c(Cl)cccc2Cl)[C@@H](Cc2ccc(N)cc2)C(=O)O)c1. The third kappa shape index (κ3) is 6.48. The van der Waals surface area contributed by atoms with Crippen molar-refractivity contribution in [1.82, 2.24) is 9.88 Å². The van der Waals surface area contributed by atoms with E-state index in [1.807, 2.05) is 12.3 Å². The standard InChI is InChI=1S/C30H25Cl2N3O5S/c1-40-19-10-11-26(41-2)21(15-19)20-12-13-34-16-22(20)28(36)35(29(37)27-23(31)4-3-5-24(27)32)25(30(38)39)14-17-6-8-18(33)9-7-17/h3-13,15-16,25H,14,33H2,1-2H3,(H,38,39)/t25-/m0/s1. The van der Waals surface area contributed by atoms with Crippen LogP contribution in [0.3, 0.4) is 0 Å². The van der Waals surface area contributed by atoms with Gasteiger partial charge in [-0.2, -0.15) is 0 Å². The summed E-state index contributed by atoms with van der Waals surface area (Å²) >= 11 is 14.1. The van der Waals surface area contributed by atoms with Gasteiger partial charge in [0.25, 0.3) is 11.8 Å². The number of aliphatic carboxylic acids is 1. The highest BCUT2D eigenvalue weighted by atomic mass is 35.5. The summed E-state index contributed by atoms with van der Waals surface area (Å²) < 4.78 is 5.40. The second kappa shape index (κ2) is 13.1. The van der Waals surface area contributed by atoms with Gasteiger partial charge in [-0.1, -0.05) is 41.4 Å². The van der Waals surface area contributed by atoms with Crippen molar-refractivity contribution in [1.29, 1.82) is 0 Å².